The van der Waals surface area contributed by atoms with E-state index in [9.17, 15) is 9.59 Å². The Bertz CT molecular complexity index is 359. The molecule has 1 rings (SSSR count). The summed E-state index contributed by atoms with van der Waals surface area (Å²) in [5.41, 5.74) is 1.72. The van der Waals surface area contributed by atoms with Crippen LogP contribution in [0, 0.1) is 6.92 Å². The first kappa shape index (κ1) is 11.0. The number of carbonyl (C=O) groups excluding carboxylic acids is 1. The molecule has 2 amide bonds. The second-order valence-electron chi connectivity index (χ2n) is 3.07. The molecule has 0 aliphatic rings. The van der Waals surface area contributed by atoms with Gasteiger partial charge in [0, 0.05) is 5.69 Å². The molecule has 0 aliphatic carbocycles. The Labute approximate surface area is 87.1 Å². The second-order valence-corrected chi connectivity index (χ2v) is 3.07. The number of rotatable bonds is 3. The fourth-order valence-electron chi connectivity index (χ4n) is 0.968. The molecular formula is C10H12N2O3. The van der Waals surface area contributed by atoms with Crippen molar-refractivity contribution in [3.05, 3.63) is 29.8 Å². The second kappa shape index (κ2) is 4.99. The van der Waals surface area contributed by atoms with Crippen LogP contribution < -0.4 is 10.6 Å². The molecular weight excluding hydrogens is 196 g/mol. The molecule has 0 saturated heterocycles. The van der Waals surface area contributed by atoms with Crippen molar-refractivity contribution in [1.82, 2.24) is 5.32 Å². The van der Waals surface area contributed by atoms with Gasteiger partial charge in [-0.25, -0.2) is 4.79 Å². The number of nitrogens with one attached hydrogen (secondary N) is 2. The number of aliphatic carboxylic acids is 1. The van der Waals surface area contributed by atoms with Crippen LogP contribution in [-0.4, -0.2) is 23.7 Å². The molecule has 0 unspecified atom stereocenters. The zero-order valence-electron chi connectivity index (χ0n) is 8.28. The molecule has 0 atom stereocenters. The molecule has 3 N–H and O–H groups in total. The summed E-state index contributed by atoms with van der Waals surface area (Å²) in [5, 5.41) is 13.0. The summed E-state index contributed by atoms with van der Waals surface area (Å²) in [6, 6.07) is 6.67. The molecule has 0 aliphatic heterocycles. The van der Waals surface area contributed by atoms with Gasteiger partial charge in [0.15, 0.2) is 0 Å². The molecule has 80 valence electrons. The first-order valence-corrected chi connectivity index (χ1v) is 4.41. The van der Waals surface area contributed by atoms with Crippen molar-refractivity contribution in [3.63, 3.8) is 0 Å². The van der Waals surface area contributed by atoms with Gasteiger partial charge in [0.25, 0.3) is 0 Å². The van der Waals surface area contributed by atoms with E-state index >= 15 is 0 Å². The zero-order chi connectivity index (χ0) is 11.3. The summed E-state index contributed by atoms with van der Waals surface area (Å²) in [5.74, 6) is -1.07. The number of carbonyl (C=O) groups is 2. The van der Waals surface area contributed by atoms with Crippen LogP contribution >= 0.6 is 0 Å². The maximum Gasteiger partial charge on any atom is 0.323 e. The van der Waals surface area contributed by atoms with E-state index in [1.807, 2.05) is 19.1 Å². The largest absolute Gasteiger partial charge is 0.480 e. The first-order valence-electron chi connectivity index (χ1n) is 4.41. The minimum atomic E-state index is -1.07. The minimum Gasteiger partial charge on any atom is -0.480 e. The van der Waals surface area contributed by atoms with E-state index in [-0.39, 0.29) is 0 Å². The normalized spacial score (nSPS) is 9.40. The van der Waals surface area contributed by atoms with Gasteiger partial charge >= 0.3 is 12.0 Å². The predicted molar refractivity (Wildman–Crippen MR) is 55.8 cm³/mol. The van der Waals surface area contributed by atoms with Gasteiger partial charge in [0.2, 0.25) is 0 Å². The molecule has 0 radical (unpaired) electrons. The summed E-state index contributed by atoms with van der Waals surface area (Å²) in [6.07, 6.45) is 0. The molecule has 0 spiro atoms. The number of hydrogen-bond acceptors (Lipinski definition) is 2. The lowest BCUT2D eigenvalue weighted by molar-refractivity contribution is -0.135. The molecule has 0 fully saturated rings. The van der Waals surface area contributed by atoms with Gasteiger partial charge < -0.3 is 15.7 Å². The molecule has 0 heterocycles. The van der Waals surface area contributed by atoms with Gasteiger partial charge in [-0.3, -0.25) is 4.79 Å². The van der Waals surface area contributed by atoms with Gasteiger partial charge in [-0.05, 0) is 19.1 Å². The van der Waals surface area contributed by atoms with E-state index in [1.54, 1.807) is 12.1 Å². The zero-order valence-corrected chi connectivity index (χ0v) is 8.28. The van der Waals surface area contributed by atoms with Crippen molar-refractivity contribution < 1.29 is 14.7 Å². The lowest BCUT2D eigenvalue weighted by Gasteiger charge is -2.05. The van der Waals surface area contributed by atoms with Crippen LogP contribution in [0.25, 0.3) is 0 Å². The summed E-state index contributed by atoms with van der Waals surface area (Å²) in [7, 11) is 0. The molecule has 1 aromatic carbocycles. The van der Waals surface area contributed by atoms with Crippen LogP contribution in [0.4, 0.5) is 10.5 Å². The average Bonchev–Trinajstić information content (AvgIpc) is 2.19. The fraction of sp³-hybridized carbons (Fsp3) is 0.200. The Morgan fingerprint density at radius 3 is 2.40 bits per heavy atom. The van der Waals surface area contributed by atoms with Crippen LogP contribution in [0.5, 0.6) is 0 Å². The third-order valence-corrected chi connectivity index (χ3v) is 1.71. The van der Waals surface area contributed by atoms with Crippen molar-refractivity contribution in [3.8, 4) is 0 Å². The number of aryl methyl sites for hydroxylation is 1. The molecule has 5 heteroatoms. The molecule has 0 aromatic heterocycles. The van der Waals surface area contributed by atoms with Crippen LogP contribution in [0.3, 0.4) is 0 Å². The minimum absolute atomic E-state index is 0.391. The van der Waals surface area contributed by atoms with E-state index in [0.717, 1.165) is 5.56 Å². The number of anilines is 1. The third kappa shape index (κ3) is 4.12. The Balaban J connectivity index is 2.44. The number of carboxylic acid groups (broad SMARTS) is 1. The average molecular weight is 208 g/mol. The van der Waals surface area contributed by atoms with Crippen molar-refractivity contribution in [2.24, 2.45) is 0 Å². The third-order valence-electron chi connectivity index (χ3n) is 1.71. The van der Waals surface area contributed by atoms with E-state index in [4.69, 9.17) is 5.11 Å². The molecule has 0 bridgehead atoms. The van der Waals surface area contributed by atoms with Crippen LogP contribution in [0.15, 0.2) is 24.3 Å². The summed E-state index contributed by atoms with van der Waals surface area (Å²) >= 11 is 0. The maximum atomic E-state index is 11.1. The van der Waals surface area contributed by atoms with E-state index in [0.29, 0.717) is 5.69 Å². The van der Waals surface area contributed by atoms with Gasteiger partial charge in [0.1, 0.15) is 6.54 Å². The highest BCUT2D eigenvalue weighted by Gasteiger charge is 2.02. The van der Waals surface area contributed by atoms with E-state index in [1.165, 1.54) is 0 Å². The maximum absolute atomic E-state index is 11.1. The number of benzene rings is 1. The van der Waals surface area contributed by atoms with Gasteiger partial charge in [0.05, 0.1) is 0 Å². The monoisotopic (exact) mass is 208 g/mol. The molecule has 0 saturated carbocycles. The highest BCUT2D eigenvalue weighted by Crippen LogP contribution is 2.07. The smallest absolute Gasteiger partial charge is 0.323 e. The topological polar surface area (TPSA) is 78.4 Å². The number of urea groups is 1. The molecule has 15 heavy (non-hydrogen) atoms. The first-order chi connectivity index (χ1) is 7.08. The summed E-state index contributed by atoms with van der Waals surface area (Å²) < 4.78 is 0. The Morgan fingerprint density at radius 1 is 1.27 bits per heavy atom. The van der Waals surface area contributed by atoms with Crippen LogP contribution in [0.1, 0.15) is 5.56 Å². The Kier molecular flexibility index (Phi) is 3.68. The summed E-state index contributed by atoms with van der Waals surface area (Å²) in [4.78, 5) is 21.3. The lowest BCUT2D eigenvalue weighted by atomic mass is 10.2. The Hall–Kier alpha value is -2.04. The number of carboxylic acids is 1. The highest BCUT2D eigenvalue weighted by molar-refractivity contribution is 5.91. The predicted octanol–water partition coefficient (Wildman–Crippen LogP) is 1.20. The van der Waals surface area contributed by atoms with Crippen molar-refractivity contribution in [2.75, 3.05) is 11.9 Å². The SMILES string of the molecule is Cc1ccc(NC(=O)NCC(=O)O)cc1. The van der Waals surface area contributed by atoms with Crippen LogP contribution in [0.2, 0.25) is 0 Å². The lowest BCUT2D eigenvalue weighted by Crippen LogP contribution is -2.33. The standard InChI is InChI=1S/C10H12N2O3/c1-7-2-4-8(5-3-7)12-10(15)11-6-9(13)14/h2-5H,6H2,1H3,(H,13,14)(H2,11,12,15). The van der Waals surface area contributed by atoms with Crippen molar-refractivity contribution in [2.45, 2.75) is 6.92 Å². The van der Waals surface area contributed by atoms with Crippen molar-refractivity contribution in [1.29, 1.82) is 0 Å². The number of amides is 2. The number of hydrogen-bond donors (Lipinski definition) is 3. The van der Waals surface area contributed by atoms with Gasteiger partial charge in [-0.2, -0.15) is 0 Å². The van der Waals surface area contributed by atoms with E-state index < -0.39 is 18.5 Å². The molecule has 1 aromatic rings. The van der Waals surface area contributed by atoms with Crippen molar-refractivity contribution >= 4 is 17.7 Å². The van der Waals surface area contributed by atoms with E-state index in [2.05, 4.69) is 10.6 Å². The molecule has 5 nitrogen and oxygen atoms in total. The highest BCUT2D eigenvalue weighted by atomic mass is 16.4. The Morgan fingerprint density at radius 2 is 1.87 bits per heavy atom. The fourth-order valence-corrected chi connectivity index (χ4v) is 0.968. The van der Waals surface area contributed by atoms with Crippen LogP contribution in [-0.2, 0) is 4.79 Å². The summed E-state index contributed by atoms with van der Waals surface area (Å²) in [6.45, 7) is 1.55. The quantitative estimate of drug-likeness (QED) is 0.698. The van der Waals surface area contributed by atoms with Gasteiger partial charge in [-0.1, -0.05) is 17.7 Å². The van der Waals surface area contributed by atoms with Gasteiger partial charge in [-0.15, -0.1) is 0 Å².